The van der Waals surface area contributed by atoms with Gasteiger partial charge in [-0.05, 0) is 48.4 Å². The van der Waals surface area contributed by atoms with Crippen LogP contribution in [-0.4, -0.2) is 19.1 Å². The Bertz CT molecular complexity index is 1110. The van der Waals surface area contributed by atoms with E-state index in [1.807, 2.05) is 59.5 Å². The predicted molar refractivity (Wildman–Crippen MR) is 120 cm³/mol. The Labute approximate surface area is 185 Å². The topological polar surface area (TPSA) is 38.8 Å². The van der Waals surface area contributed by atoms with Crippen molar-refractivity contribution in [3.8, 4) is 11.5 Å². The fraction of sp³-hybridized carbons (Fsp3) is 0.292. The lowest BCUT2D eigenvalue weighted by Crippen LogP contribution is -2.42. The van der Waals surface area contributed by atoms with Gasteiger partial charge in [0.25, 0.3) is 0 Å². The fourth-order valence-electron chi connectivity index (χ4n) is 4.33. The minimum absolute atomic E-state index is 0.0395. The molecule has 5 rings (SSSR count). The van der Waals surface area contributed by atoms with Crippen molar-refractivity contribution >= 4 is 34.5 Å². The summed E-state index contributed by atoms with van der Waals surface area (Å²) in [5.41, 5.74) is 1.97. The highest BCUT2D eigenvalue weighted by Gasteiger charge is 2.56. The van der Waals surface area contributed by atoms with Gasteiger partial charge in [-0.15, -0.1) is 11.3 Å². The van der Waals surface area contributed by atoms with Gasteiger partial charge in [0.2, 0.25) is 5.91 Å². The number of unbranched alkanes of at least 4 members (excludes halogenated alkanes) is 1. The highest BCUT2D eigenvalue weighted by molar-refractivity contribution is 7.16. The van der Waals surface area contributed by atoms with Crippen LogP contribution in [-0.2, 0) is 16.8 Å². The van der Waals surface area contributed by atoms with Crippen molar-refractivity contribution in [1.82, 2.24) is 0 Å². The Morgan fingerprint density at radius 1 is 1.17 bits per heavy atom. The number of para-hydroxylation sites is 1. The second-order valence-electron chi connectivity index (χ2n) is 7.67. The van der Waals surface area contributed by atoms with Crippen LogP contribution in [0.15, 0.2) is 54.6 Å². The predicted octanol–water partition coefficient (Wildman–Crippen LogP) is 5.81. The van der Waals surface area contributed by atoms with Crippen molar-refractivity contribution in [2.75, 3.05) is 18.1 Å². The lowest BCUT2D eigenvalue weighted by Gasteiger charge is -2.23. The van der Waals surface area contributed by atoms with Crippen LogP contribution < -0.4 is 14.4 Å². The number of hydrogen-bond acceptors (Lipinski definition) is 4. The Morgan fingerprint density at radius 3 is 2.83 bits per heavy atom. The molecular formula is C24H22ClNO3S. The zero-order valence-electron chi connectivity index (χ0n) is 16.7. The van der Waals surface area contributed by atoms with Gasteiger partial charge in [-0.3, -0.25) is 4.79 Å². The maximum absolute atomic E-state index is 13.9. The molecule has 154 valence electrons. The molecule has 1 unspecified atom stereocenters. The molecule has 0 N–H and O–H groups in total. The molecule has 0 aliphatic carbocycles. The lowest BCUT2D eigenvalue weighted by atomic mass is 9.77. The highest BCUT2D eigenvalue weighted by Crippen LogP contribution is 2.53. The summed E-state index contributed by atoms with van der Waals surface area (Å²) in [6.45, 7) is 3.60. The standard InChI is InChI=1S/C24H22ClNO3S/c1-2-3-12-28-16-8-10-21-19(13-16)24(15-29-21)18-6-4-5-7-20(18)26(23(24)27)14-17-9-11-22(25)30-17/h4-11,13H,2-3,12,14-15H2,1H3. The molecule has 6 heteroatoms. The Hall–Kier alpha value is -2.50. The summed E-state index contributed by atoms with van der Waals surface area (Å²) in [6, 6.07) is 17.7. The summed E-state index contributed by atoms with van der Waals surface area (Å²) in [4.78, 5) is 16.8. The Balaban J connectivity index is 1.57. The monoisotopic (exact) mass is 439 g/mol. The number of fused-ring (bicyclic) bond motifs is 4. The van der Waals surface area contributed by atoms with Crippen molar-refractivity contribution in [2.45, 2.75) is 31.7 Å². The van der Waals surface area contributed by atoms with E-state index in [4.69, 9.17) is 21.1 Å². The zero-order chi connectivity index (χ0) is 20.7. The Kier molecular flexibility index (Phi) is 4.95. The summed E-state index contributed by atoms with van der Waals surface area (Å²) in [6.07, 6.45) is 2.07. The van der Waals surface area contributed by atoms with Gasteiger partial charge in [-0.25, -0.2) is 0 Å². The van der Waals surface area contributed by atoms with Gasteiger partial charge in [0.1, 0.15) is 23.5 Å². The number of nitrogens with zero attached hydrogens (tertiary/aromatic N) is 1. The van der Waals surface area contributed by atoms with Crippen molar-refractivity contribution in [3.05, 3.63) is 74.9 Å². The normalized spacial score (nSPS) is 19.1. The summed E-state index contributed by atoms with van der Waals surface area (Å²) in [5.74, 6) is 1.57. The number of anilines is 1. The quantitative estimate of drug-likeness (QED) is 0.455. The van der Waals surface area contributed by atoms with E-state index in [-0.39, 0.29) is 5.91 Å². The number of ether oxygens (including phenoxy) is 2. The first kappa shape index (κ1) is 19.5. The molecule has 2 aliphatic rings. The van der Waals surface area contributed by atoms with Crippen LogP contribution in [0.2, 0.25) is 4.34 Å². The molecule has 0 fully saturated rings. The summed E-state index contributed by atoms with van der Waals surface area (Å²) in [5, 5.41) is 0. The number of benzene rings is 2. The molecule has 2 aliphatic heterocycles. The largest absolute Gasteiger partial charge is 0.494 e. The van der Waals surface area contributed by atoms with E-state index in [2.05, 4.69) is 6.92 Å². The third-order valence-electron chi connectivity index (χ3n) is 5.83. The zero-order valence-corrected chi connectivity index (χ0v) is 18.3. The van der Waals surface area contributed by atoms with Crippen LogP contribution in [0.5, 0.6) is 11.5 Å². The van der Waals surface area contributed by atoms with E-state index in [9.17, 15) is 4.79 Å². The molecule has 3 heterocycles. The molecule has 1 aromatic heterocycles. The number of rotatable bonds is 6. The average molecular weight is 440 g/mol. The molecule has 0 saturated heterocycles. The number of amides is 1. The average Bonchev–Trinajstić information content (AvgIpc) is 3.41. The molecular weight excluding hydrogens is 418 g/mol. The van der Waals surface area contributed by atoms with Gasteiger partial charge in [0.05, 0.1) is 17.5 Å². The molecule has 1 spiro atoms. The van der Waals surface area contributed by atoms with Gasteiger partial charge in [-0.1, -0.05) is 43.1 Å². The van der Waals surface area contributed by atoms with E-state index < -0.39 is 5.41 Å². The molecule has 1 amide bonds. The summed E-state index contributed by atoms with van der Waals surface area (Å²) < 4.78 is 12.7. The van der Waals surface area contributed by atoms with Crippen LogP contribution in [0.25, 0.3) is 0 Å². The van der Waals surface area contributed by atoms with Crippen LogP contribution in [0.3, 0.4) is 0 Å². The molecule has 1 atom stereocenters. The third kappa shape index (κ3) is 2.99. The van der Waals surface area contributed by atoms with Crippen LogP contribution >= 0.6 is 22.9 Å². The van der Waals surface area contributed by atoms with Crippen LogP contribution in [0, 0.1) is 0 Å². The van der Waals surface area contributed by atoms with E-state index in [0.29, 0.717) is 19.8 Å². The molecule has 4 nitrogen and oxygen atoms in total. The molecule has 2 aromatic carbocycles. The first-order chi connectivity index (χ1) is 14.6. The minimum Gasteiger partial charge on any atom is -0.494 e. The number of hydrogen-bond donors (Lipinski definition) is 0. The molecule has 3 aromatic rings. The second kappa shape index (κ2) is 7.64. The van der Waals surface area contributed by atoms with Crippen LogP contribution in [0.4, 0.5) is 5.69 Å². The first-order valence-electron chi connectivity index (χ1n) is 10.2. The van der Waals surface area contributed by atoms with Crippen LogP contribution in [0.1, 0.15) is 35.8 Å². The van der Waals surface area contributed by atoms with Crippen molar-refractivity contribution < 1.29 is 14.3 Å². The first-order valence-corrected chi connectivity index (χ1v) is 11.4. The van der Waals surface area contributed by atoms with Gasteiger partial charge in [0, 0.05) is 16.1 Å². The highest BCUT2D eigenvalue weighted by atomic mass is 35.5. The third-order valence-corrected chi connectivity index (χ3v) is 7.05. The van der Waals surface area contributed by atoms with E-state index in [0.717, 1.165) is 50.4 Å². The Morgan fingerprint density at radius 2 is 2.03 bits per heavy atom. The maximum atomic E-state index is 13.9. The fourth-order valence-corrected chi connectivity index (χ4v) is 5.41. The number of halogens is 1. The minimum atomic E-state index is -0.836. The number of carbonyl (C=O) groups is 1. The summed E-state index contributed by atoms with van der Waals surface area (Å²) >= 11 is 7.62. The van der Waals surface area contributed by atoms with Crippen molar-refractivity contribution in [2.24, 2.45) is 0 Å². The van der Waals surface area contributed by atoms with Gasteiger partial charge < -0.3 is 14.4 Å². The van der Waals surface area contributed by atoms with Gasteiger partial charge >= 0.3 is 0 Å². The van der Waals surface area contributed by atoms with Crippen molar-refractivity contribution in [3.63, 3.8) is 0 Å². The maximum Gasteiger partial charge on any atom is 0.246 e. The van der Waals surface area contributed by atoms with E-state index in [1.165, 1.54) is 11.3 Å². The van der Waals surface area contributed by atoms with E-state index >= 15 is 0 Å². The molecule has 0 saturated carbocycles. The van der Waals surface area contributed by atoms with E-state index in [1.54, 1.807) is 0 Å². The van der Waals surface area contributed by atoms with Crippen molar-refractivity contribution in [1.29, 1.82) is 0 Å². The van der Waals surface area contributed by atoms with Gasteiger partial charge in [-0.2, -0.15) is 0 Å². The molecule has 0 radical (unpaired) electrons. The smallest absolute Gasteiger partial charge is 0.246 e. The number of carbonyl (C=O) groups excluding carboxylic acids is 1. The molecule has 30 heavy (non-hydrogen) atoms. The van der Waals surface area contributed by atoms with Gasteiger partial charge in [0.15, 0.2) is 0 Å². The second-order valence-corrected chi connectivity index (χ2v) is 9.47. The lowest BCUT2D eigenvalue weighted by molar-refractivity contribution is -0.122. The summed E-state index contributed by atoms with van der Waals surface area (Å²) in [7, 11) is 0. The number of thiophene rings is 1. The SMILES string of the molecule is CCCCOc1ccc2c(c1)C1(CO2)C(=O)N(Cc2ccc(Cl)s2)c2ccccc21. The molecule has 0 bridgehead atoms.